The van der Waals surface area contributed by atoms with Gasteiger partial charge in [0.25, 0.3) is 0 Å². The first-order valence-electron chi connectivity index (χ1n) is 3.04. The van der Waals surface area contributed by atoms with Gasteiger partial charge in [-0.15, -0.1) is 10.2 Å². The molecule has 4 nitrogen and oxygen atoms in total. The number of azo groups is 1. The van der Waals surface area contributed by atoms with Crippen molar-refractivity contribution in [2.75, 3.05) is 0 Å². The minimum atomic E-state index is 0.287. The Bertz CT molecular complexity index is 335. The van der Waals surface area contributed by atoms with E-state index in [1.807, 2.05) is 12.1 Å². The molecule has 0 amide bonds. The fourth-order valence-electron chi connectivity index (χ4n) is 0.809. The summed E-state index contributed by atoms with van der Waals surface area (Å²) in [6.07, 6.45) is 1.80. The Kier molecular flexibility index (Phi) is 1.36. The maximum atomic E-state index is 4.71. The van der Waals surface area contributed by atoms with Crippen molar-refractivity contribution in [1.29, 1.82) is 0 Å². The highest BCUT2D eigenvalue weighted by Gasteiger charge is 2.09. The minimum Gasteiger partial charge on any atom is -0.359 e. The lowest BCUT2D eigenvalue weighted by Gasteiger charge is -1.85. The van der Waals surface area contributed by atoms with E-state index in [-0.39, 0.29) is 5.11 Å². The molecule has 11 heavy (non-hydrogen) atoms. The van der Waals surface area contributed by atoms with Crippen LogP contribution in [0.15, 0.2) is 33.6 Å². The van der Waals surface area contributed by atoms with Crippen LogP contribution in [0.3, 0.4) is 0 Å². The van der Waals surface area contributed by atoms with Gasteiger partial charge in [-0.3, -0.25) is 0 Å². The number of thiocarbonyl (C=S) groups is 1. The normalized spacial score (nSPS) is 15.6. The summed E-state index contributed by atoms with van der Waals surface area (Å²) in [6, 6.07) is 3.74. The number of aromatic amines is 1. The summed E-state index contributed by atoms with van der Waals surface area (Å²) in [5, 5.41) is 7.65. The molecule has 0 unspecified atom stereocenters. The van der Waals surface area contributed by atoms with Crippen LogP contribution in [-0.4, -0.2) is 15.9 Å². The zero-order valence-electron chi connectivity index (χ0n) is 5.48. The third kappa shape index (κ3) is 1.10. The predicted octanol–water partition coefficient (Wildman–Crippen LogP) is 1.51. The molecule has 0 radical (unpaired) electrons. The van der Waals surface area contributed by atoms with Gasteiger partial charge in [-0.05, 0) is 24.4 Å². The fourth-order valence-corrected chi connectivity index (χ4v) is 0.936. The molecular weight excluding hydrogens is 160 g/mol. The summed E-state index contributed by atoms with van der Waals surface area (Å²) in [4.78, 5) is 6.87. The van der Waals surface area contributed by atoms with Crippen LogP contribution in [0.5, 0.6) is 0 Å². The molecule has 1 aliphatic heterocycles. The minimum absolute atomic E-state index is 0.287. The van der Waals surface area contributed by atoms with E-state index in [4.69, 9.17) is 12.2 Å². The van der Waals surface area contributed by atoms with Gasteiger partial charge < -0.3 is 4.98 Å². The Labute approximate surface area is 68.1 Å². The Hall–Kier alpha value is -1.36. The molecule has 2 heterocycles. The van der Waals surface area contributed by atoms with Crippen LogP contribution in [0.25, 0.3) is 0 Å². The van der Waals surface area contributed by atoms with Crippen molar-refractivity contribution in [3.63, 3.8) is 0 Å². The number of aromatic nitrogens is 1. The summed E-state index contributed by atoms with van der Waals surface area (Å²) in [6.45, 7) is 0. The van der Waals surface area contributed by atoms with Gasteiger partial charge >= 0.3 is 0 Å². The molecule has 0 aromatic carbocycles. The van der Waals surface area contributed by atoms with Crippen molar-refractivity contribution in [3.8, 4) is 0 Å². The summed E-state index contributed by atoms with van der Waals surface area (Å²) >= 11 is 4.71. The predicted molar refractivity (Wildman–Crippen MR) is 44.8 cm³/mol. The topological polar surface area (TPSA) is 52.9 Å². The number of nitrogens with one attached hydrogen (secondary N) is 1. The fraction of sp³-hybridized carbons (Fsp3) is 0. The van der Waals surface area contributed by atoms with E-state index in [0.717, 1.165) is 5.69 Å². The molecule has 5 heteroatoms. The Morgan fingerprint density at radius 1 is 1.36 bits per heavy atom. The van der Waals surface area contributed by atoms with Crippen molar-refractivity contribution in [2.45, 2.75) is 0 Å². The smallest absolute Gasteiger partial charge is 0.242 e. The van der Waals surface area contributed by atoms with Crippen molar-refractivity contribution in [1.82, 2.24) is 4.98 Å². The second-order valence-corrected chi connectivity index (χ2v) is 2.37. The maximum absolute atomic E-state index is 4.71. The van der Waals surface area contributed by atoms with Crippen molar-refractivity contribution in [3.05, 3.63) is 24.0 Å². The van der Waals surface area contributed by atoms with Crippen molar-refractivity contribution in [2.24, 2.45) is 15.2 Å². The summed E-state index contributed by atoms with van der Waals surface area (Å²) in [7, 11) is 0. The van der Waals surface area contributed by atoms with Crippen molar-refractivity contribution < 1.29 is 0 Å². The van der Waals surface area contributed by atoms with Crippen LogP contribution < -0.4 is 0 Å². The molecule has 0 saturated carbocycles. The second-order valence-electron chi connectivity index (χ2n) is 2.00. The van der Waals surface area contributed by atoms with E-state index >= 15 is 0 Å². The summed E-state index contributed by atoms with van der Waals surface area (Å²) in [5.74, 6) is 0.556. The van der Waals surface area contributed by atoms with E-state index in [1.165, 1.54) is 0 Å². The summed E-state index contributed by atoms with van der Waals surface area (Å²) in [5.41, 5.74) is 0.841. The van der Waals surface area contributed by atoms with Gasteiger partial charge in [-0.2, -0.15) is 4.99 Å². The molecule has 0 bridgehead atoms. The van der Waals surface area contributed by atoms with E-state index < -0.39 is 0 Å². The monoisotopic (exact) mass is 164 g/mol. The first-order chi connectivity index (χ1) is 5.36. The lowest BCUT2D eigenvalue weighted by atomic mass is 10.4. The highest BCUT2D eigenvalue weighted by molar-refractivity contribution is 7.80. The number of aliphatic imine (C=N–C) groups is 1. The lowest BCUT2D eigenvalue weighted by Crippen LogP contribution is -1.93. The van der Waals surface area contributed by atoms with Crippen LogP contribution in [-0.2, 0) is 0 Å². The van der Waals surface area contributed by atoms with Crippen LogP contribution in [0.2, 0.25) is 0 Å². The van der Waals surface area contributed by atoms with E-state index in [1.54, 1.807) is 6.20 Å². The largest absolute Gasteiger partial charge is 0.359 e. The molecule has 0 fully saturated rings. The van der Waals surface area contributed by atoms with Gasteiger partial charge in [-0.1, -0.05) is 0 Å². The molecular formula is C6H4N4S. The molecule has 54 valence electrons. The van der Waals surface area contributed by atoms with Gasteiger partial charge in [0.15, 0.2) is 0 Å². The average Bonchev–Trinajstić information content (AvgIpc) is 2.55. The molecule has 1 aliphatic rings. The number of amidine groups is 1. The number of hydrogen-bond acceptors (Lipinski definition) is 2. The van der Waals surface area contributed by atoms with E-state index in [2.05, 4.69) is 20.2 Å². The van der Waals surface area contributed by atoms with Gasteiger partial charge in [0.1, 0.15) is 0 Å². The SMILES string of the molecule is S=C1N=NC(c2ccc[nH]2)=N1. The van der Waals surface area contributed by atoms with Crippen molar-refractivity contribution >= 4 is 23.2 Å². The Morgan fingerprint density at radius 2 is 2.27 bits per heavy atom. The molecule has 0 saturated heterocycles. The van der Waals surface area contributed by atoms with Crippen LogP contribution >= 0.6 is 12.2 Å². The highest BCUT2D eigenvalue weighted by Crippen LogP contribution is 2.06. The van der Waals surface area contributed by atoms with E-state index in [9.17, 15) is 0 Å². The number of H-pyrrole nitrogens is 1. The third-order valence-corrected chi connectivity index (χ3v) is 1.44. The molecule has 1 aromatic rings. The number of hydrogen-bond donors (Lipinski definition) is 1. The Balaban J connectivity index is 2.40. The number of nitrogens with zero attached hydrogens (tertiary/aromatic N) is 3. The Morgan fingerprint density at radius 3 is 2.82 bits per heavy atom. The van der Waals surface area contributed by atoms with Gasteiger partial charge in [0.2, 0.25) is 10.9 Å². The quantitative estimate of drug-likeness (QED) is 0.628. The number of rotatable bonds is 1. The van der Waals surface area contributed by atoms with Crippen LogP contribution in [0, 0.1) is 0 Å². The first kappa shape index (κ1) is 6.36. The lowest BCUT2D eigenvalue weighted by molar-refractivity contribution is 1.32. The van der Waals surface area contributed by atoms with Gasteiger partial charge in [0.05, 0.1) is 5.69 Å². The molecule has 0 spiro atoms. The third-order valence-electron chi connectivity index (χ3n) is 1.27. The zero-order chi connectivity index (χ0) is 7.68. The molecule has 0 aliphatic carbocycles. The van der Waals surface area contributed by atoms with Crippen LogP contribution in [0.4, 0.5) is 0 Å². The van der Waals surface area contributed by atoms with Crippen LogP contribution in [0.1, 0.15) is 5.69 Å². The molecule has 1 N–H and O–H groups in total. The maximum Gasteiger partial charge on any atom is 0.242 e. The summed E-state index contributed by atoms with van der Waals surface area (Å²) < 4.78 is 0. The average molecular weight is 164 g/mol. The molecule has 0 atom stereocenters. The second kappa shape index (κ2) is 2.35. The van der Waals surface area contributed by atoms with Gasteiger partial charge in [0, 0.05) is 6.20 Å². The highest BCUT2D eigenvalue weighted by atomic mass is 32.1. The molecule has 1 aromatic heterocycles. The molecule has 2 rings (SSSR count). The van der Waals surface area contributed by atoms with Gasteiger partial charge in [-0.25, -0.2) is 0 Å². The standard InChI is InChI=1S/C6H4N4S/c11-6-8-5(9-10-6)4-2-1-3-7-4/h1-3,7H. The first-order valence-corrected chi connectivity index (χ1v) is 3.45. The zero-order valence-corrected chi connectivity index (χ0v) is 6.30. The van der Waals surface area contributed by atoms with E-state index in [0.29, 0.717) is 5.84 Å².